The average Bonchev–Trinajstić information content (AvgIpc) is 3.12. The van der Waals surface area contributed by atoms with Crippen molar-refractivity contribution in [3.05, 3.63) is 63.1 Å². The van der Waals surface area contributed by atoms with Gasteiger partial charge in [-0.3, -0.25) is 9.59 Å². The van der Waals surface area contributed by atoms with Crippen molar-refractivity contribution in [3.8, 4) is 0 Å². The van der Waals surface area contributed by atoms with Crippen molar-refractivity contribution >= 4 is 40.7 Å². The summed E-state index contributed by atoms with van der Waals surface area (Å²) in [6.07, 6.45) is 1.84. The molecule has 2 aromatic rings. The number of carbonyl (C=O) groups is 2. The second kappa shape index (κ2) is 7.60. The van der Waals surface area contributed by atoms with Gasteiger partial charge in [-0.25, -0.2) is 8.78 Å². The number of hydrogen-bond acceptors (Lipinski definition) is 2. The number of halogens is 4. The molecule has 1 aliphatic heterocycles. The van der Waals surface area contributed by atoms with Crippen molar-refractivity contribution in [2.24, 2.45) is 0 Å². The highest BCUT2D eigenvalue weighted by Crippen LogP contribution is 2.26. The summed E-state index contributed by atoms with van der Waals surface area (Å²) in [6, 6.07) is 5.92. The molecule has 0 unspecified atom stereocenters. The van der Waals surface area contributed by atoms with E-state index in [1.54, 1.807) is 11.0 Å². The molecule has 1 heterocycles. The van der Waals surface area contributed by atoms with Gasteiger partial charge in [0.2, 0.25) is 0 Å². The zero-order valence-corrected chi connectivity index (χ0v) is 15.0. The average molecular weight is 399 g/mol. The minimum atomic E-state index is -1.20. The third-order valence-electron chi connectivity index (χ3n) is 4.11. The molecule has 0 aromatic heterocycles. The van der Waals surface area contributed by atoms with Gasteiger partial charge in [0.15, 0.2) is 11.6 Å². The highest BCUT2D eigenvalue weighted by atomic mass is 35.5. The fraction of sp³-hybridized carbons (Fsp3) is 0.222. The van der Waals surface area contributed by atoms with E-state index in [9.17, 15) is 18.4 Å². The van der Waals surface area contributed by atoms with Crippen LogP contribution in [0, 0.1) is 11.6 Å². The molecule has 2 amide bonds. The Bertz CT molecular complexity index is 884. The molecule has 8 heteroatoms. The summed E-state index contributed by atoms with van der Waals surface area (Å²) >= 11 is 11.8. The highest BCUT2D eigenvalue weighted by molar-refractivity contribution is 6.34. The number of nitrogens with zero attached hydrogens (tertiary/aromatic N) is 1. The Balaban J connectivity index is 1.92. The lowest BCUT2D eigenvalue weighted by Gasteiger charge is -2.18. The number of amides is 2. The fourth-order valence-corrected chi connectivity index (χ4v) is 3.19. The number of benzene rings is 2. The number of rotatable bonds is 3. The summed E-state index contributed by atoms with van der Waals surface area (Å²) in [5.41, 5.74) is 0.202. The predicted molar refractivity (Wildman–Crippen MR) is 95.9 cm³/mol. The van der Waals surface area contributed by atoms with Gasteiger partial charge in [0, 0.05) is 18.1 Å². The number of nitrogens with one attached hydrogen (secondary N) is 1. The molecular formula is C18H14Cl2F2N2O2. The van der Waals surface area contributed by atoms with Crippen molar-refractivity contribution in [3.63, 3.8) is 0 Å². The van der Waals surface area contributed by atoms with E-state index in [-0.39, 0.29) is 27.7 Å². The Kier molecular flexibility index (Phi) is 5.44. The van der Waals surface area contributed by atoms with Crippen LogP contribution < -0.4 is 5.32 Å². The maximum absolute atomic E-state index is 13.4. The lowest BCUT2D eigenvalue weighted by Crippen LogP contribution is -2.29. The minimum Gasteiger partial charge on any atom is -0.339 e. The van der Waals surface area contributed by atoms with Crippen LogP contribution in [0.2, 0.25) is 10.0 Å². The molecule has 0 bridgehead atoms. The molecule has 0 atom stereocenters. The number of carbonyl (C=O) groups excluding carboxylic acids is 2. The Labute approximate surface area is 158 Å². The predicted octanol–water partition coefficient (Wildman–Crippen LogP) is 4.76. The van der Waals surface area contributed by atoms with E-state index in [0.717, 1.165) is 18.9 Å². The monoisotopic (exact) mass is 398 g/mol. The van der Waals surface area contributed by atoms with Crippen LogP contribution in [0.4, 0.5) is 14.5 Å². The molecule has 0 aliphatic carbocycles. The Morgan fingerprint density at radius 2 is 1.62 bits per heavy atom. The molecule has 4 nitrogen and oxygen atoms in total. The van der Waals surface area contributed by atoms with E-state index in [0.29, 0.717) is 24.2 Å². The Morgan fingerprint density at radius 3 is 2.31 bits per heavy atom. The van der Waals surface area contributed by atoms with E-state index >= 15 is 0 Å². The lowest BCUT2D eigenvalue weighted by atomic mass is 10.1. The van der Waals surface area contributed by atoms with Crippen LogP contribution in [-0.4, -0.2) is 29.8 Å². The molecule has 1 N–H and O–H groups in total. The summed E-state index contributed by atoms with van der Waals surface area (Å²) in [7, 11) is 0. The van der Waals surface area contributed by atoms with Crippen molar-refractivity contribution in [1.82, 2.24) is 4.90 Å². The molecule has 0 saturated carbocycles. The van der Waals surface area contributed by atoms with Gasteiger partial charge in [0.25, 0.3) is 11.8 Å². The Morgan fingerprint density at radius 1 is 0.962 bits per heavy atom. The van der Waals surface area contributed by atoms with Gasteiger partial charge >= 0.3 is 0 Å². The second-order valence-electron chi connectivity index (χ2n) is 5.89. The zero-order chi connectivity index (χ0) is 18.8. The van der Waals surface area contributed by atoms with E-state index in [1.807, 2.05) is 0 Å². The first-order valence-electron chi connectivity index (χ1n) is 7.91. The van der Waals surface area contributed by atoms with Gasteiger partial charge in [-0.05, 0) is 43.2 Å². The van der Waals surface area contributed by atoms with Gasteiger partial charge in [-0.2, -0.15) is 0 Å². The van der Waals surface area contributed by atoms with Crippen LogP contribution >= 0.6 is 23.2 Å². The lowest BCUT2D eigenvalue weighted by molar-refractivity contribution is 0.0794. The third-order valence-corrected chi connectivity index (χ3v) is 4.66. The molecular weight excluding hydrogens is 385 g/mol. The number of likely N-dealkylation sites (tertiary alicyclic amines) is 1. The van der Waals surface area contributed by atoms with Gasteiger partial charge in [0.1, 0.15) is 0 Å². The first-order valence-corrected chi connectivity index (χ1v) is 8.67. The minimum absolute atomic E-state index is 0.181. The smallest absolute Gasteiger partial charge is 0.257 e. The van der Waals surface area contributed by atoms with E-state index in [1.165, 1.54) is 12.1 Å². The van der Waals surface area contributed by atoms with Gasteiger partial charge < -0.3 is 10.2 Å². The Hall–Kier alpha value is -2.18. The second-order valence-corrected chi connectivity index (χ2v) is 6.73. The van der Waals surface area contributed by atoms with Crippen molar-refractivity contribution < 1.29 is 18.4 Å². The topological polar surface area (TPSA) is 49.4 Å². The van der Waals surface area contributed by atoms with Crippen LogP contribution in [0.25, 0.3) is 0 Å². The first kappa shape index (κ1) is 18.6. The van der Waals surface area contributed by atoms with Crippen molar-refractivity contribution in [2.75, 3.05) is 18.4 Å². The third kappa shape index (κ3) is 3.81. The van der Waals surface area contributed by atoms with E-state index in [2.05, 4.69) is 5.32 Å². The van der Waals surface area contributed by atoms with Gasteiger partial charge in [0.05, 0.1) is 21.8 Å². The summed E-state index contributed by atoms with van der Waals surface area (Å²) < 4.78 is 26.6. The molecule has 1 fully saturated rings. The molecule has 0 spiro atoms. The quantitative estimate of drug-likeness (QED) is 0.757. The summed E-state index contributed by atoms with van der Waals surface area (Å²) in [5.74, 6) is -3.35. The molecule has 2 aromatic carbocycles. The van der Waals surface area contributed by atoms with Crippen LogP contribution in [0.1, 0.15) is 33.6 Å². The number of anilines is 1. The van der Waals surface area contributed by atoms with Gasteiger partial charge in [-0.15, -0.1) is 0 Å². The molecule has 1 saturated heterocycles. The molecule has 1 aliphatic rings. The van der Waals surface area contributed by atoms with E-state index in [4.69, 9.17) is 23.2 Å². The summed E-state index contributed by atoms with van der Waals surface area (Å²) in [6.45, 7) is 1.29. The normalized spacial score (nSPS) is 13.8. The first-order chi connectivity index (χ1) is 12.4. The van der Waals surface area contributed by atoms with Gasteiger partial charge in [-0.1, -0.05) is 23.2 Å². The number of hydrogen-bond donors (Lipinski definition) is 1. The SMILES string of the molecule is O=C(Nc1cc(Cl)ccc1C(=O)N1CCCC1)c1cc(F)c(F)cc1Cl. The fourth-order valence-electron chi connectivity index (χ4n) is 2.78. The molecule has 3 rings (SSSR count). The molecule has 26 heavy (non-hydrogen) atoms. The van der Waals surface area contributed by atoms with Crippen LogP contribution in [0.5, 0.6) is 0 Å². The molecule has 0 radical (unpaired) electrons. The largest absolute Gasteiger partial charge is 0.339 e. The highest BCUT2D eigenvalue weighted by Gasteiger charge is 2.23. The maximum Gasteiger partial charge on any atom is 0.257 e. The van der Waals surface area contributed by atoms with E-state index < -0.39 is 17.5 Å². The van der Waals surface area contributed by atoms with Crippen molar-refractivity contribution in [1.29, 1.82) is 0 Å². The summed E-state index contributed by atoms with van der Waals surface area (Å²) in [5, 5.41) is 2.59. The van der Waals surface area contributed by atoms with Crippen molar-refractivity contribution in [2.45, 2.75) is 12.8 Å². The van der Waals surface area contributed by atoms with Crippen LogP contribution in [0.15, 0.2) is 30.3 Å². The van der Waals surface area contributed by atoms with Crippen LogP contribution in [-0.2, 0) is 0 Å². The maximum atomic E-state index is 13.4. The summed E-state index contributed by atoms with van der Waals surface area (Å²) in [4.78, 5) is 26.8. The molecule has 136 valence electrons. The zero-order valence-electron chi connectivity index (χ0n) is 13.5. The standard InChI is InChI=1S/C18H14Cl2F2N2O2/c19-10-3-4-11(18(26)24-5-1-2-6-24)16(7-10)23-17(25)12-8-14(21)15(22)9-13(12)20/h3-4,7-9H,1-2,5-6H2,(H,23,25). The van der Waals surface area contributed by atoms with Crippen LogP contribution in [0.3, 0.4) is 0 Å².